The molecule has 0 aliphatic rings. The van der Waals surface area contributed by atoms with Crippen LogP contribution in [-0.4, -0.2) is 36.1 Å². The van der Waals surface area contributed by atoms with Gasteiger partial charge in [-0.05, 0) is 43.5 Å². The molecule has 0 fully saturated rings. The Morgan fingerprint density at radius 2 is 1.86 bits per heavy atom. The number of amides is 1. The molecular weight excluding hydrogens is 406 g/mol. The number of aromatic nitrogens is 1. The van der Waals surface area contributed by atoms with Gasteiger partial charge in [-0.1, -0.05) is 0 Å². The Labute approximate surface area is 165 Å². The predicted octanol–water partition coefficient (Wildman–Crippen LogP) is 1.84. The van der Waals surface area contributed by atoms with Gasteiger partial charge >= 0.3 is 5.97 Å². The Kier molecular flexibility index (Phi) is 7.46. The van der Waals surface area contributed by atoms with E-state index in [2.05, 4.69) is 20.2 Å². The van der Waals surface area contributed by atoms with Crippen LogP contribution in [0.3, 0.4) is 0 Å². The number of primary amides is 1. The number of nitrogens with zero attached hydrogens (tertiary/aromatic N) is 2. The molecule has 2 rings (SSSR count). The van der Waals surface area contributed by atoms with Crippen molar-refractivity contribution in [3.63, 3.8) is 0 Å². The van der Waals surface area contributed by atoms with Gasteiger partial charge in [-0.3, -0.25) is 19.7 Å². The lowest BCUT2D eigenvalue weighted by Crippen LogP contribution is -2.24. The summed E-state index contributed by atoms with van der Waals surface area (Å²) in [6.45, 7) is 0. The smallest absolute Gasteiger partial charge is 0.303 e. The molecule has 0 atom stereocenters. The maximum Gasteiger partial charge on any atom is 0.303 e. The molecular formula is C16H19N5O5S2. The van der Waals surface area contributed by atoms with Gasteiger partial charge in [0.05, 0.1) is 10.6 Å². The third-order valence-electron chi connectivity index (χ3n) is 3.48. The Morgan fingerprint density at radius 1 is 1.18 bits per heavy atom. The summed E-state index contributed by atoms with van der Waals surface area (Å²) in [6, 6.07) is 5.74. The molecule has 1 heterocycles. The number of rotatable bonds is 11. The van der Waals surface area contributed by atoms with E-state index in [0.29, 0.717) is 18.5 Å². The fraction of sp³-hybridized carbons (Fsp3) is 0.250. The standard InChI is InChI=1S/C16H19N5O5S2/c17-15(24)13(3-1-2-4-14(22)23)20-19-11-5-7-12(8-6-11)28(25,26)21-16-18-9-10-27-16/h5-10,19H,1-4H2,(H2,17,24)(H,18,21)(H,22,23). The maximum atomic E-state index is 12.3. The van der Waals surface area contributed by atoms with Crippen molar-refractivity contribution in [1.82, 2.24) is 4.98 Å². The number of sulfonamides is 1. The van der Waals surface area contributed by atoms with E-state index in [0.717, 1.165) is 11.3 Å². The van der Waals surface area contributed by atoms with E-state index in [4.69, 9.17) is 10.8 Å². The minimum Gasteiger partial charge on any atom is -0.481 e. The Bertz CT molecular complexity index is 940. The number of aliphatic carboxylic acids is 1. The van der Waals surface area contributed by atoms with Gasteiger partial charge in [-0.2, -0.15) is 5.10 Å². The second kappa shape index (κ2) is 9.80. The van der Waals surface area contributed by atoms with E-state index in [1.807, 2.05) is 0 Å². The predicted molar refractivity (Wildman–Crippen MR) is 106 cm³/mol. The van der Waals surface area contributed by atoms with Crippen LogP contribution in [0.5, 0.6) is 0 Å². The second-order valence-electron chi connectivity index (χ2n) is 5.60. The van der Waals surface area contributed by atoms with Crippen molar-refractivity contribution in [2.24, 2.45) is 10.8 Å². The zero-order valence-electron chi connectivity index (χ0n) is 14.7. The van der Waals surface area contributed by atoms with Crippen LogP contribution in [0.4, 0.5) is 10.8 Å². The molecule has 2 aromatic rings. The first-order valence-electron chi connectivity index (χ1n) is 8.14. The number of nitrogens with one attached hydrogen (secondary N) is 2. The van der Waals surface area contributed by atoms with E-state index < -0.39 is 21.9 Å². The number of unbranched alkanes of at least 4 members (excludes halogenated alkanes) is 1. The Balaban J connectivity index is 1.98. The maximum absolute atomic E-state index is 12.3. The minimum absolute atomic E-state index is 0.00440. The van der Waals surface area contributed by atoms with Crippen LogP contribution in [0.1, 0.15) is 25.7 Å². The van der Waals surface area contributed by atoms with Gasteiger partial charge in [-0.15, -0.1) is 11.3 Å². The SMILES string of the molecule is NC(=O)C(CCCCC(=O)O)=NNc1ccc(S(=O)(=O)Nc2nccs2)cc1. The lowest BCUT2D eigenvalue weighted by atomic mass is 10.1. The highest BCUT2D eigenvalue weighted by Gasteiger charge is 2.15. The van der Waals surface area contributed by atoms with Crippen molar-refractivity contribution >= 4 is 49.8 Å². The molecule has 0 aliphatic heterocycles. The molecule has 0 saturated heterocycles. The molecule has 1 amide bonds. The largest absolute Gasteiger partial charge is 0.481 e. The van der Waals surface area contributed by atoms with E-state index in [9.17, 15) is 18.0 Å². The topological polar surface area (TPSA) is 164 Å². The highest BCUT2D eigenvalue weighted by Crippen LogP contribution is 2.19. The van der Waals surface area contributed by atoms with Crippen LogP contribution in [0.15, 0.2) is 45.8 Å². The summed E-state index contributed by atoms with van der Waals surface area (Å²) in [6.07, 6.45) is 2.59. The summed E-state index contributed by atoms with van der Waals surface area (Å²) in [7, 11) is -3.75. The fourth-order valence-corrected chi connectivity index (χ4v) is 3.88. The molecule has 0 saturated carbocycles. The molecule has 28 heavy (non-hydrogen) atoms. The van der Waals surface area contributed by atoms with E-state index in [1.165, 1.54) is 30.5 Å². The summed E-state index contributed by atoms with van der Waals surface area (Å²) >= 11 is 1.16. The van der Waals surface area contributed by atoms with Gasteiger partial charge < -0.3 is 10.8 Å². The molecule has 10 nitrogen and oxygen atoms in total. The monoisotopic (exact) mass is 425 g/mol. The summed E-state index contributed by atoms with van der Waals surface area (Å²) in [4.78, 5) is 25.8. The number of carbonyl (C=O) groups excluding carboxylic acids is 1. The van der Waals surface area contributed by atoms with Crippen LogP contribution in [0.2, 0.25) is 0 Å². The van der Waals surface area contributed by atoms with Crippen molar-refractivity contribution in [2.75, 3.05) is 10.1 Å². The summed E-state index contributed by atoms with van der Waals surface area (Å²) in [5.74, 6) is -1.62. The first-order chi connectivity index (χ1) is 13.3. The van der Waals surface area contributed by atoms with E-state index in [1.54, 1.807) is 5.38 Å². The molecule has 0 radical (unpaired) electrons. The number of carbonyl (C=O) groups is 2. The van der Waals surface area contributed by atoms with Crippen LogP contribution >= 0.6 is 11.3 Å². The first-order valence-corrected chi connectivity index (χ1v) is 10.5. The molecule has 0 aliphatic carbocycles. The van der Waals surface area contributed by atoms with Gasteiger partial charge in [0.1, 0.15) is 5.71 Å². The number of thiazole rings is 1. The van der Waals surface area contributed by atoms with Crippen LogP contribution < -0.4 is 15.9 Å². The zero-order chi connectivity index (χ0) is 20.6. The lowest BCUT2D eigenvalue weighted by molar-refractivity contribution is -0.137. The van der Waals surface area contributed by atoms with Gasteiger partial charge in [0.2, 0.25) is 0 Å². The Morgan fingerprint density at radius 3 is 2.43 bits per heavy atom. The number of carboxylic acids is 1. The van der Waals surface area contributed by atoms with E-state index >= 15 is 0 Å². The molecule has 5 N–H and O–H groups in total. The number of anilines is 2. The normalized spacial score (nSPS) is 11.8. The molecule has 12 heteroatoms. The summed E-state index contributed by atoms with van der Waals surface area (Å²) in [5.41, 5.74) is 8.45. The molecule has 0 bridgehead atoms. The fourth-order valence-electron chi connectivity index (χ4n) is 2.09. The van der Waals surface area contributed by atoms with Crippen LogP contribution in [0.25, 0.3) is 0 Å². The van der Waals surface area contributed by atoms with Gasteiger partial charge in [0.25, 0.3) is 15.9 Å². The van der Waals surface area contributed by atoms with Crippen molar-refractivity contribution in [3.8, 4) is 0 Å². The lowest BCUT2D eigenvalue weighted by Gasteiger charge is -2.07. The highest BCUT2D eigenvalue weighted by atomic mass is 32.2. The second-order valence-corrected chi connectivity index (χ2v) is 8.18. The summed E-state index contributed by atoms with van der Waals surface area (Å²) in [5, 5.41) is 14.5. The number of benzene rings is 1. The van der Waals surface area contributed by atoms with Crippen molar-refractivity contribution in [2.45, 2.75) is 30.6 Å². The van der Waals surface area contributed by atoms with Crippen LogP contribution in [-0.2, 0) is 19.6 Å². The number of nitrogens with two attached hydrogens (primary N) is 1. The third-order valence-corrected chi connectivity index (χ3v) is 5.65. The van der Waals surface area contributed by atoms with Gasteiger partial charge in [0.15, 0.2) is 5.13 Å². The molecule has 0 spiro atoms. The number of hydrogen-bond acceptors (Lipinski definition) is 8. The van der Waals surface area contributed by atoms with Gasteiger partial charge in [-0.25, -0.2) is 13.4 Å². The van der Waals surface area contributed by atoms with Crippen LogP contribution in [0, 0.1) is 0 Å². The number of hydrogen-bond donors (Lipinski definition) is 4. The van der Waals surface area contributed by atoms with Crippen molar-refractivity contribution in [3.05, 3.63) is 35.8 Å². The quantitative estimate of drug-likeness (QED) is 0.242. The van der Waals surface area contributed by atoms with Crippen molar-refractivity contribution < 1.29 is 23.1 Å². The number of carboxylic acid groups (broad SMARTS) is 1. The zero-order valence-corrected chi connectivity index (χ0v) is 16.3. The molecule has 1 aromatic heterocycles. The summed E-state index contributed by atoms with van der Waals surface area (Å²) < 4.78 is 26.9. The third kappa shape index (κ3) is 6.63. The minimum atomic E-state index is -3.75. The average molecular weight is 425 g/mol. The molecule has 1 aromatic carbocycles. The van der Waals surface area contributed by atoms with Gasteiger partial charge in [0, 0.05) is 18.0 Å². The highest BCUT2D eigenvalue weighted by molar-refractivity contribution is 7.93. The van der Waals surface area contributed by atoms with E-state index in [-0.39, 0.29) is 28.6 Å². The molecule has 150 valence electrons. The Hall–Kier alpha value is -2.99. The van der Waals surface area contributed by atoms with Crippen molar-refractivity contribution in [1.29, 1.82) is 0 Å². The average Bonchev–Trinajstić information content (AvgIpc) is 3.13. The number of hydrazone groups is 1. The molecule has 0 unspecified atom stereocenters. The first kappa shape index (κ1) is 21.3.